The van der Waals surface area contributed by atoms with Gasteiger partial charge in [-0.2, -0.15) is 15.0 Å². The molecule has 0 aliphatic heterocycles. The van der Waals surface area contributed by atoms with E-state index in [2.05, 4.69) is 50.4 Å². The van der Waals surface area contributed by atoms with Crippen LogP contribution in [0.2, 0.25) is 0 Å². The highest BCUT2D eigenvalue weighted by Gasteiger charge is 2.17. The molecular weight excluding hydrogens is 436 g/mol. The first-order chi connectivity index (χ1) is 16.1. The van der Waals surface area contributed by atoms with Crippen molar-refractivity contribution in [2.75, 3.05) is 18.2 Å². The van der Waals surface area contributed by atoms with E-state index >= 15 is 0 Å². The minimum atomic E-state index is 0.170. The van der Waals surface area contributed by atoms with Gasteiger partial charge < -0.3 is 20.4 Å². The minimum absolute atomic E-state index is 0.170. The van der Waals surface area contributed by atoms with Crippen LogP contribution in [0.3, 0.4) is 0 Å². The summed E-state index contributed by atoms with van der Waals surface area (Å²) in [6, 6.07) is 15.8. The highest BCUT2D eigenvalue weighted by molar-refractivity contribution is 7.98. The second kappa shape index (κ2) is 10.3. The van der Waals surface area contributed by atoms with E-state index in [0.29, 0.717) is 24.1 Å². The average molecular weight is 463 g/mol. The number of anilines is 3. The molecule has 2 aromatic heterocycles. The fourth-order valence-corrected chi connectivity index (χ4v) is 4.32. The predicted molar refractivity (Wildman–Crippen MR) is 131 cm³/mol. The topological polar surface area (TPSA) is 117 Å². The Bertz CT molecular complexity index is 1240. The van der Waals surface area contributed by atoms with Crippen LogP contribution in [0.25, 0.3) is 11.4 Å². The molecule has 2 heterocycles. The summed E-state index contributed by atoms with van der Waals surface area (Å²) in [5, 5.41) is 12.8. The minimum Gasteiger partial charge on any atom is -0.496 e. The molecule has 9 nitrogen and oxygen atoms in total. The van der Waals surface area contributed by atoms with E-state index in [4.69, 9.17) is 10.5 Å². The van der Waals surface area contributed by atoms with Gasteiger partial charge >= 0.3 is 0 Å². The molecule has 0 unspecified atom stereocenters. The van der Waals surface area contributed by atoms with Crippen LogP contribution in [0.1, 0.15) is 25.2 Å². The number of methoxy groups -OCH3 is 1. The van der Waals surface area contributed by atoms with E-state index in [1.54, 1.807) is 7.11 Å². The molecule has 0 fully saturated rings. The van der Waals surface area contributed by atoms with Crippen LogP contribution in [-0.2, 0) is 18.7 Å². The highest BCUT2D eigenvalue weighted by Crippen LogP contribution is 2.31. The van der Waals surface area contributed by atoms with Crippen LogP contribution in [0.4, 0.5) is 17.6 Å². The van der Waals surface area contributed by atoms with Crippen LogP contribution in [0, 0.1) is 0 Å². The molecule has 2 aromatic carbocycles. The van der Waals surface area contributed by atoms with Gasteiger partial charge in [-0.1, -0.05) is 49.0 Å². The van der Waals surface area contributed by atoms with Gasteiger partial charge in [0.25, 0.3) is 0 Å². The number of hydrogen-bond donors (Lipinski definition) is 2. The number of hydrogen-bond acceptors (Lipinski definition) is 9. The van der Waals surface area contributed by atoms with Gasteiger partial charge in [-0.15, -0.1) is 10.2 Å². The zero-order chi connectivity index (χ0) is 23.2. The summed E-state index contributed by atoms with van der Waals surface area (Å²) >= 11 is 1.50. The van der Waals surface area contributed by atoms with Gasteiger partial charge in [-0.05, 0) is 37.1 Å². The Morgan fingerprint density at radius 3 is 2.58 bits per heavy atom. The second-order valence-corrected chi connectivity index (χ2v) is 8.05. The zero-order valence-electron chi connectivity index (χ0n) is 18.8. The third-order valence-electron chi connectivity index (χ3n) is 5.06. The summed E-state index contributed by atoms with van der Waals surface area (Å²) in [5.41, 5.74) is 8.99. The maximum absolute atomic E-state index is 5.96. The first-order valence-corrected chi connectivity index (χ1v) is 11.7. The normalized spacial score (nSPS) is 10.9. The standard InChI is InChI=1S/C23H26N8OS/c1-4-15-10-6-8-12-17(15)25-22-27-19(26-21(24)28-22)14-33-23-30-29-20(31(23)5-2)16-11-7-9-13-18(16)32-3/h6-13H,4-5,14H2,1-3H3,(H3,24,25,26,27,28). The number of benzene rings is 2. The number of ether oxygens (including phenoxy) is 1. The Balaban J connectivity index is 1.55. The lowest BCUT2D eigenvalue weighted by atomic mass is 10.1. The maximum Gasteiger partial charge on any atom is 0.232 e. The van der Waals surface area contributed by atoms with Gasteiger partial charge in [0.1, 0.15) is 11.6 Å². The largest absolute Gasteiger partial charge is 0.496 e. The molecule has 0 radical (unpaired) electrons. The summed E-state index contributed by atoms with van der Waals surface area (Å²) in [4.78, 5) is 13.1. The van der Waals surface area contributed by atoms with Crippen LogP contribution in [0.15, 0.2) is 53.7 Å². The molecule has 0 saturated heterocycles. The lowest BCUT2D eigenvalue weighted by Crippen LogP contribution is -2.08. The molecule has 33 heavy (non-hydrogen) atoms. The number of aromatic nitrogens is 6. The summed E-state index contributed by atoms with van der Waals surface area (Å²) in [7, 11) is 1.65. The molecule has 0 aliphatic rings. The van der Waals surface area contributed by atoms with Crippen LogP contribution in [-0.4, -0.2) is 36.8 Å². The Hall–Kier alpha value is -3.66. The molecule has 0 bridgehead atoms. The fourth-order valence-electron chi connectivity index (χ4n) is 3.47. The molecule has 4 aromatic rings. The monoisotopic (exact) mass is 462 g/mol. The van der Waals surface area contributed by atoms with E-state index in [1.165, 1.54) is 17.3 Å². The van der Waals surface area contributed by atoms with Gasteiger partial charge in [0.2, 0.25) is 11.9 Å². The van der Waals surface area contributed by atoms with Crippen molar-refractivity contribution in [3.05, 3.63) is 59.9 Å². The number of nitrogen functional groups attached to an aromatic ring is 1. The maximum atomic E-state index is 5.96. The lowest BCUT2D eigenvalue weighted by Gasteiger charge is -2.11. The Morgan fingerprint density at radius 2 is 1.79 bits per heavy atom. The average Bonchev–Trinajstić information content (AvgIpc) is 3.25. The van der Waals surface area contributed by atoms with E-state index in [9.17, 15) is 0 Å². The van der Waals surface area contributed by atoms with Crippen LogP contribution in [0.5, 0.6) is 5.75 Å². The number of aryl methyl sites for hydroxylation is 1. The molecule has 0 aliphatic carbocycles. The Labute approximate surface area is 196 Å². The van der Waals surface area contributed by atoms with Crippen molar-refractivity contribution >= 4 is 29.3 Å². The molecular formula is C23H26N8OS. The van der Waals surface area contributed by atoms with E-state index in [-0.39, 0.29) is 5.95 Å². The van der Waals surface area contributed by atoms with E-state index in [0.717, 1.165) is 34.4 Å². The molecule has 0 atom stereocenters. The number of thioether (sulfide) groups is 1. The van der Waals surface area contributed by atoms with Crippen LogP contribution >= 0.6 is 11.8 Å². The van der Waals surface area contributed by atoms with Gasteiger partial charge in [-0.3, -0.25) is 0 Å². The number of nitrogens with zero attached hydrogens (tertiary/aromatic N) is 6. The fraction of sp³-hybridized carbons (Fsp3) is 0.261. The van der Waals surface area contributed by atoms with Crippen molar-refractivity contribution in [3.63, 3.8) is 0 Å². The first kappa shape index (κ1) is 22.5. The molecule has 0 spiro atoms. The quantitative estimate of drug-likeness (QED) is 0.350. The Morgan fingerprint density at radius 1 is 1.00 bits per heavy atom. The van der Waals surface area contributed by atoms with Gasteiger partial charge in [-0.25, -0.2) is 0 Å². The second-order valence-electron chi connectivity index (χ2n) is 7.11. The van der Waals surface area contributed by atoms with Gasteiger partial charge in [0, 0.05) is 12.2 Å². The summed E-state index contributed by atoms with van der Waals surface area (Å²) < 4.78 is 7.54. The van der Waals surface area contributed by atoms with Crippen molar-refractivity contribution < 1.29 is 4.74 Å². The number of nitrogens with two attached hydrogens (primary N) is 1. The zero-order valence-corrected chi connectivity index (χ0v) is 19.6. The number of rotatable bonds is 9. The number of nitrogens with one attached hydrogen (secondary N) is 1. The summed E-state index contributed by atoms with van der Waals surface area (Å²) in [5.74, 6) is 3.14. The molecule has 10 heteroatoms. The molecule has 0 amide bonds. The summed E-state index contributed by atoms with van der Waals surface area (Å²) in [6.07, 6.45) is 0.896. The van der Waals surface area contributed by atoms with Crippen molar-refractivity contribution in [2.24, 2.45) is 0 Å². The van der Waals surface area contributed by atoms with Crippen molar-refractivity contribution in [1.82, 2.24) is 29.7 Å². The molecule has 4 rings (SSSR count). The van der Waals surface area contributed by atoms with Gasteiger partial charge in [0.15, 0.2) is 11.0 Å². The van der Waals surface area contributed by atoms with Crippen molar-refractivity contribution in [1.29, 1.82) is 0 Å². The summed E-state index contributed by atoms with van der Waals surface area (Å²) in [6.45, 7) is 4.87. The molecule has 170 valence electrons. The highest BCUT2D eigenvalue weighted by atomic mass is 32.2. The van der Waals surface area contributed by atoms with Crippen molar-refractivity contribution in [2.45, 2.75) is 37.7 Å². The molecule has 0 saturated carbocycles. The third-order valence-corrected chi connectivity index (χ3v) is 6.02. The smallest absolute Gasteiger partial charge is 0.232 e. The Kier molecular flexibility index (Phi) is 7.04. The number of para-hydroxylation sites is 2. The first-order valence-electron chi connectivity index (χ1n) is 10.7. The van der Waals surface area contributed by atoms with E-state index in [1.807, 2.05) is 47.0 Å². The van der Waals surface area contributed by atoms with Crippen molar-refractivity contribution in [3.8, 4) is 17.1 Å². The van der Waals surface area contributed by atoms with Crippen LogP contribution < -0.4 is 15.8 Å². The third kappa shape index (κ3) is 5.06. The lowest BCUT2D eigenvalue weighted by molar-refractivity contribution is 0.416. The SMILES string of the molecule is CCc1ccccc1Nc1nc(N)nc(CSc2nnc(-c3ccccc3OC)n2CC)n1. The van der Waals surface area contributed by atoms with E-state index < -0.39 is 0 Å². The predicted octanol–water partition coefficient (Wildman–Crippen LogP) is 4.34. The van der Waals surface area contributed by atoms with Gasteiger partial charge in [0.05, 0.1) is 18.4 Å². The molecule has 3 N–H and O–H groups in total.